The Bertz CT molecular complexity index is 467. The quantitative estimate of drug-likeness (QED) is 0.681. The molecule has 4 N–H and O–H groups in total. The van der Waals surface area contributed by atoms with Crippen molar-refractivity contribution in [1.29, 1.82) is 0 Å². The van der Waals surface area contributed by atoms with Crippen molar-refractivity contribution in [2.45, 2.75) is 38.3 Å². The Hall–Kier alpha value is -1.89. The van der Waals surface area contributed by atoms with Crippen LogP contribution in [0, 0.1) is 0 Å². The first-order valence-electron chi connectivity index (χ1n) is 5.99. The molecule has 0 bridgehead atoms. The maximum Gasteiger partial charge on any atom is 0.303 e. The zero-order chi connectivity index (χ0) is 14.6. The van der Waals surface area contributed by atoms with Gasteiger partial charge in [-0.15, -0.1) is 0 Å². The highest BCUT2D eigenvalue weighted by molar-refractivity contribution is 5.83. The number of carboxylic acid groups (broad SMARTS) is 1. The number of nitrogens with zero attached hydrogens (tertiary/aromatic N) is 2. The van der Waals surface area contributed by atoms with E-state index in [0.717, 1.165) is 0 Å². The van der Waals surface area contributed by atoms with Gasteiger partial charge >= 0.3 is 5.97 Å². The van der Waals surface area contributed by atoms with E-state index in [-0.39, 0.29) is 12.3 Å². The van der Waals surface area contributed by atoms with Crippen molar-refractivity contribution in [3.63, 3.8) is 0 Å². The van der Waals surface area contributed by atoms with Crippen molar-refractivity contribution in [2.75, 3.05) is 0 Å². The average molecular weight is 268 g/mol. The van der Waals surface area contributed by atoms with Crippen LogP contribution in [-0.4, -0.2) is 32.3 Å². The molecule has 0 aromatic carbocycles. The van der Waals surface area contributed by atoms with Crippen LogP contribution in [0.4, 0.5) is 0 Å². The summed E-state index contributed by atoms with van der Waals surface area (Å²) >= 11 is 0. The first-order valence-corrected chi connectivity index (χ1v) is 5.99. The molecule has 0 radical (unpaired) electrons. The lowest BCUT2D eigenvalue weighted by Gasteiger charge is -2.27. The number of carbonyl (C=O) groups is 2. The lowest BCUT2D eigenvalue weighted by atomic mass is 9.97. The van der Waals surface area contributed by atoms with Crippen LogP contribution in [-0.2, 0) is 16.6 Å². The second kappa shape index (κ2) is 5.83. The minimum Gasteiger partial charge on any atom is -0.481 e. The summed E-state index contributed by atoms with van der Waals surface area (Å²) in [5, 5.41) is 15.4. The van der Waals surface area contributed by atoms with Gasteiger partial charge < -0.3 is 16.2 Å². The number of rotatable bonds is 6. The van der Waals surface area contributed by atoms with Crippen LogP contribution in [0.2, 0.25) is 0 Å². The monoisotopic (exact) mass is 268 g/mol. The molecule has 0 saturated heterocycles. The van der Waals surface area contributed by atoms with Crippen molar-refractivity contribution >= 4 is 11.9 Å². The highest BCUT2D eigenvalue weighted by Gasteiger charge is 2.25. The van der Waals surface area contributed by atoms with Crippen LogP contribution < -0.4 is 11.1 Å². The summed E-state index contributed by atoms with van der Waals surface area (Å²) in [5.74, 6) is -1.23. The summed E-state index contributed by atoms with van der Waals surface area (Å²) in [6, 6.07) is -0.808. The van der Waals surface area contributed by atoms with E-state index in [1.807, 2.05) is 0 Å². The van der Waals surface area contributed by atoms with Gasteiger partial charge in [0.25, 0.3) is 0 Å². The Labute approximate surface area is 111 Å². The fourth-order valence-corrected chi connectivity index (χ4v) is 1.65. The molecule has 0 aliphatic carbocycles. The van der Waals surface area contributed by atoms with Gasteiger partial charge in [0, 0.05) is 30.8 Å². The third-order valence-corrected chi connectivity index (χ3v) is 2.79. The first-order chi connectivity index (χ1) is 8.71. The van der Waals surface area contributed by atoms with Crippen LogP contribution in [0.25, 0.3) is 0 Å². The zero-order valence-electron chi connectivity index (χ0n) is 11.4. The van der Waals surface area contributed by atoms with Gasteiger partial charge in [-0.2, -0.15) is 5.10 Å². The highest BCUT2D eigenvalue weighted by atomic mass is 16.4. The fourth-order valence-electron chi connectivity index (χ4n) is 1.65. The molecule has 0 aliphatic heterocycles. The number of aromatic nitrogens is 2. The summed E-state index contributed by atoms with van der Waals surface area (Å²) in [6.07, 6.45) is 3.55. The molecule has 1 unspecified atom stereocenters. The zero-order valence-corrected chi connectivity index (χ0v) is 11.4. The largest absolute Gasteiger partial charge is 0.481 e. The minimum atomic E-state index is -0.890. The van der Waals surface area contributed by atoms with Gasteiger partial charge in [-0.05, 0) is 20.3 Å². The number of aliphatic carboxylic acids is 1. The number of hydrogen-bond donors (Lipinski definition) is 3. The van der Waals surface area contributed by atoms with E-state index < -0.39 is 17.6 Å². The maximum atomic E-state index is 12.0. The second-order valence-electron chi connectivity index (χ2n) is 5.19. The molecule has 1 aromatic heterocycles. The average Bonchev–Trinajstić information content (AvgIpc) is 2.72. The lowest BCUT2D eigenvalue weighted by molar-refractivity contribution is -0.138. The van der Waals surface area contributed by atoms with E-state index in [1.165, 1.54) is 6.20 Å². The molecule has 0 fully saturated rings. The number of nitrogens with one attached hydrogen (secondary N) is 1. The Morgan fingerprint density at radius 1 is 1.58 bits per heavy atom. The summed E-state index contributed by atoms with van der Waals surface area (Å²) in [4.78, 5) is 22.5. The number of aryl methyl sites for hydroxylation is 1. The molecule has 7 heteroatoms. The molecule has 1 heterocycles. The highest BCUT2D eigenvalue weighted by Crippen LogP contribution is 2.15. The maximum absolute atomic E-state index is 12.0. The van der Waals surface area contributed by atoms with Crippen molar-refractivity contribution < 1.29 is 14.7 Å². The minimum absolute atomic E-state index is 0.00455. The molecule has 106 valence electrons. The van der Waals surface area contributed by atoms with Crippen LogP contribution in [0.15, 0.2) is 12.4 Å². The van der Waals surface area contributed by atoms with Crippen LogP contribution in [0.5, 0.6) is 0 Å². The summed E-state index contributed by atoms with van der Waals surface area (Å²) in [5.41, 5.74) is 5.84. The van der Waals surface area contributed by atoms with Crippen molar-refractivity contribution in [1.82, 2.24) is 15.1 Å². The predicted molar refractivity (Wildman–Crippen MR) is 69.2 cm³/mol. The summed E-state index contributed by atoms with van der Waals surface area (Å²) in [7, 11) is 1.74. The van der Waals surface area contributed by atoms with Gasteiger partial charge in [0.2, 0.25) is 5.91 Å². The van der Waals surface area contributed by atoms with Gasteiger partial charge in [0.15, 0.2) is 0 Å². The number of carbonyl (C=O) groups excluding carboxylic acids is 1. The molecule has 0 saturated carbocycles. The molecule has 19 heavy (non-hydrogen) atoms. The Morgan fingerprint density at radius 2 is 2.21 bits per heavy atom. The summed E-state index contributed by atoms with van der Waals surface area (Å²) in [6.45, 7) is 3.54. The van der Waals surface area contributed by atoms with Crippen molar-refractivity contribution in [3.8, 4) is 0 Å². The Morgan fingerprint density at radius 3 is 2.68 bits per heavy atom. The smallest absolute Gasteiger partial charge is 0.303 e. The Kier molecular flexibility index (Phi) is 4.66. The van der Waals surface area contributed by atoms with Gasteiger partial charge in [-0.3, -0.25) is 14.3 Å². The third-order valence-electron chi connectivity index (χ3n) is 2.79. The van der Waals surface area contributed by atoms with Crippen molar-refractivity contribution in [2.24, 2.45) is 12.8 Å². The van der Waals surface area contributed by atoms with Crippen LogP contribution in [0.1, 0.15) is 38.3 Å². The number of hydrogen-bond acceptors (Lipinski definition) is 4. The molecular weight excluding hydrogens is 248 g/mol. The van der Waals surface area contributed by atoms with E-state index in [4.69, 9.17) is 10.8 Å². The summed E-state index contributed by atoms with van der Waals surface area (Å²) < 4.78 is 1.57. The lowest BCUT2D eigenvalue weighted by Crippen LogP contribution is -2.47. The van der Waals surface area contributed by atoms with Gasteiger partial charge in [-0.1, -0.05) is 0 Å². The molecule has 1 rings (SSSR count). The molecule has 0 aliphatic rings. The number of carboxylic acids is 1. The molecule has 0 spiro atoms. The number of nitrogens with two attached hydrogens (primary N) is 1. The van der Waals surface area contributed by atoms with E-state index in [1.54, 1.807) is 31.8 Å². The molecular formula is C12H20N4O3. The van der Waals surface area contributed by atoms with E-state index in [9.17, 15) is 9.59 Å². The molecule has 1 atom stereocenters. The van der Waals surface area contributed by atoms with Crippen molar-refractivity contribution in [3.05, 3.63) is 18.0 Å². The van der Waals surface area contributed by atoms with Crippen LogP contribution >= 0.6 is 0 Å². The topological polar surface area (TPSA) is 110 Å². The first kappa shape index (κ1) is 15.2. The fraction of sp³-hybridized carbons (Fsp3) is 0.583. The molecule has 1 amide bonds. The normalized spacial score (nSPS) is 13.1. The van der Waals surface area contributed by atoms with Gasteiger partial charge in [0.1, 0.15) is 6.04 Å². The van der Waals surface area contributed by atoms with E-state index in [2.05, 4.69) is 10.4 Å². The van der Waals surface area contributed by atoms with E-state index in [0.29, 0.717) is 12.0 Å². The van der Waals surface area contributed by atoms with Gasteiger partial charge in [0.05, 0.1) is 6.20 Å². The predicted octanol–water partition coefficient (Wildman–Crippen LogP) is 0.180. The van der Waals surface area contributed by atoms with Gasteiger partial charge in [-0.25, -0.2) is 0 Å². The number of amides is 1. The standard InChI is InChI=1S/C12H20N4O3/c1-12(2,5-4-9(17)18)15-11(19)10(13)8-6-14-16(3)7-8/h6-7,10H,4-5,13H2,1-3H3,(H,15,19)(H,17,18). The molecule has 7 nitrogen and oxygen atoms in total. The second-order valence-corrected chi connectivity index (χ2v) is 5.19. The SMILES string of the molecule is Cn1cc(C(N)C(=O)NC(C)(C)CCC(=O)O)cn1. The molecule has 1 aromatic rings. The van der Waals surface area contributed by atoms with E-state index >= 15 is 0 Å². The van der Waals surface area contributed by atoms with Crippen LogP contribution in [0.3, 0.4) is 0 Å². The Balaban J connectivity index is 2.60. The third kappa shape index (κ3) is 4.70.